The molecule has 1 heterocycles. The van der Waals surface area contributed by atoms with E-state index in [1.807, 2.05) is 0 Å². The summed E-state index contributed by atoms with van der Waals surface area (Å²) >= 11 is 0. The topological polar surface area (TPSA) is 107 Å². The summed E-state index contributed by atoms with van der Waals surface area (Å²) in [6.45, 7) is 0. The van der Waals surface area contributed by atoms with Gasteiger partial charge in [0.05, 0.1) is 10.6 Å². The lowest BCUT2D eigenvalue weighted by Crippen LogP contribution is -2.05. The fourth-order valence-electron chi connectivity index (χ4n) is 1.34. The maximum Gasteiger partial charge on any atom is 0.329 e. The molecule has 0 saturated carbocycles. The first-order chi connectivity index (χ1) is 8.99. The Kier molecular flexibility index (Phi) is 3.19. The van der Waals surface area contributed by atoms with Gasteiger partial charge in [0.15, 0.2) is 11.6 Å². The Balaban J connectivity index is 2.45. The molecule has 0 aliphatic heterocycles. The quantitative estimate of drug-likeness (QED) is 0.650. The van der Waals surface area contributed by atoms with Crippen molar-refractivity contribution in [1.29, 1.82) is 0 Å². The van der Waals surface area contributed by atoms with Crippen LogP contribution in [-0.2, 0) is 0 Å². The van der Waals surface area contributed by atoms with Gasteiger partial charge in [0.1, 0.15) is 6.20 Å². The molecular weight excluding hydrogens is 260 g/mol. The summed E-state index contributed by atoms with van der Waals surface area (Å²) in [6.07, 6.45) is 0.877. The molecule has 0 aliphatic rings. The van der Waals surface area contributed by atoms with Crippen molar-refractivity contribution in [2.75, 3.05) is 11.1 Å². The van der Waals surface area contributed by atoms with Crippen molar-refractivity contribution in [2.24, 2.45) is 0 Å². The Bertz CT molecular complexity index is 650. The first-order valence-corrected chi connectivity index (χ1v) is 4.97. The molecule has 0 saturated heterocycles. The maximum atomic E-state index is 13.4. The highest BCUT2D eigenvalue weighted by Crippen LogP contribution is 2.27. The lowest BCUT2D eigenvalue weighted by Gasteiger charge is -2.07. The van der Waals surface area contributed by atoms with Gasteiger partial charge in [-0.25, -0.2) is 13.8 Å². The predicted octanol–water partition coefficient (Wildman–Crippen LogP) is 1.99. The molecule has 9 heteroatoms. The Labute approximate surface area is 105 Å². The van der Waals surface area contributed by atoms with E-state index in [1.54, 1.807) is 0 Å². The van der Waals surface area contributed by atoms with Crippen molar-refractivity contribution in [1.82, 2.24) is 9.97 Å². The molecule has 0 unspecified atom stereocenters. The zero-order valence-electron chi connectivity index (χ0n) is 9.30. The summed E-state index contributed by atoms with van der Waals surface area (Å²) in [5, 5.41) is 13.1. The molecule has 0 bridgehead atoms. The SMILES string of the molecule is Nc1ncc([N+](=O)[O-])c(Nc2cccc(F)c2F)n1. The van der Waals surface area contributed by atoms with Crippen LogP contribution in [0.2, 0.25) is 0 Å². The molecule has 0 spiro atoms. The highest BCUT2D eigenvalue weighted by atomic mass is 19.2. The van der Waals surface area contributed by atoms with Crippen LogP contribution >= 0.6 is 0 Å². The third-order valence-corrected chi connectivity index (χ3v) is 2.19. The number of rotatable bonds is 3. The number of nitrogens with two attached hydrogens (primary N) is 1. The Hall–Kier alpha value is -2.84. The highest BCUT2D eigenvalue weighted by Gasteiger charge is 2.18. The van der Waals surface area contributed by atoms with Crippen LogP contribution in [-0.4, -0.2) is 14.9 Å². The normalized spacial score (nSPS) is 10.2. The Morgan fingerprint density at radius 3 is 2.79 bits per heavy atom. The largest absolute Gasteiger partial charge is 0.368 e. The third kappa shape index (κ3) is 2.54. The lowest BCUT2D eigenvalue weighted by molar-refractivity contribution is -0.384. The first kappa shape index (κ1) is 12.6. The van der Waals surface area contributed by atoms with Crippen LogP contribution in [0.25, 0.3) is 0 Å². The zero-order valence-corrected chi connectivity index (χ0v) is 9.30. The van der Waals surface area contributed by atoms with Crippen molar-refractivity contribution in [3.63, 3.8) is 0 Å². The van der Waals surface area contributed by atoms with Crippen molar-refractivity contribution in [3.8, 4) is 0 Å². The molecule has 0 aliphatic carbocycles. The van der Waals surface area contributed by atoms with Crippen LogP contribution in [0.3, 0.4) is 0 Å². The van der Waals surface area contributed by atoms with E-state index in [9.17, 15) is 18.9 Å². The van der Waals surface area contributed by atoms with E-state index in [-0.39, 0.29) is 17.5 Å². The summed E-state index contributed by atoms with van der Waals surface area (Å²) in [5.74, 6) is -2.81. The van der Waals surface area contributed by atoms with E-state index < -0.39 is 22.2 Å². The molecule has 2 rings (SSSR count). The number of halogens is 2. The second-order valence-electron chi connectivity index (χ2n) is 3.45. The van der Waals surface area contributed by atoms with Gasteiger partial charge >= 0.3 is 5.69 Å². The Morgan fingerprint density at radius 2 is 2.11 bits per heavy atom. The van der Waals surface area contributed by atoms with Gasteiger partial charge in [-0.2, -0.15) is 4.98 Å². The molecule has 0 radical (unpaired) electrons. The van der Waals surface area contributed by atoms with Crippen molar-refractivity contribution in [3.05, 3.63) is 46.1 Å². The van der Waals surface area contributed by atoms with Crippen LogP contribution < -0.4 is 11.1 Å². The average molecular weight is 267 g/mol. The first-order valence-electron chi connectivity index (χ1n) is 4.97. The second-order valence-corrected chi connectivity index (χ2v) is 3.45. The number of nitrogens with zero attached hydrogens (tertiary/aromatic N) is 3. The molecule has 19 heavy (non-hydrogen) atoms. The number of anilines is 3. The minimum absolute atomic E-state index is 0.232. The van der Waals surface area contributed by atoms with Crippen LogP contribution in [0.5, 0.6) is 0 Å². The van der Waals surface area contributed by atoms with Gasteiger partial charge in [-0.1, -0.05) is 6.07 Å². The van der Waals surface area contributed by atoms with E-state index in [2.05, 4.69) is 15.3 Å². The highest BCUT2D eigenvalue weighted by molar-refractivity contribution is 5.66. The molecule has 0 amide bonds. The predicted molar refractivity (Wildman–Crippen MR) is 62.7 cm³/mol. The van der Waals surface area contributed by atoms with Crippen molar-refractivity contribution in [2.45, 2.75) is 0 Å². The van der Waals surface area contributed by atoms with Crippen LogP contribution in [0.1, 0.15) is 0 Å². The number of nitrogens with one attached hydrogen (secondary N) is 1. The standard InChI is InChI=1S/C10H7F2N5O2/c11-5-2-1-3-6(8(5)12)15-9-7(17(18)19)4-14-10(13)16-9/h1-4H,(H3,13,14,15,16). The van der Waals surface area contributed by atoms with Gasteiger partial charge in [0, 0.05) is 0 Å². The fraction of sp³-hybridized carbons (Fsp3) is 0. The van der Waals surface area contributed by atoms with Crippen LogP contribution in [0.15, 0.2) is 24.4 Å². The number of hydrogen-bond donors (Lipinski definition) is 2. The van der Waals surface area contributed by atoms with Gasteiger partial charge < -0.3 is 11.1 Å². The molecule has 2 aromatic rings. The molecule has 0 atom stereocenters. The molecule has 98 valence electrons. The molecule has 0 fully saturated rings. The van der Waals surface area contributed by atoms with E-state index in [4.69, 9.17) is 5.73 Å². The van der Waals surface area contributed by atoms with Crippen LogP contribution in [0.4, 0.5) is 31.9 Å². The minimum Gasteiger partial charge on any atom is -0.368 e. The molecule has 3 N–H and O–H groups in total. The smallest absolute Gasteiger partial charge is 0.329 e. The second kappa shape index (κ2) is 4.80. The summed E-state index contributed by atoms with van der Waals surface area (Å²) in [6, 6.07) is 3.38. The average Bonchev–Trinajstić information content (AvgIpc) is 2.35. The molecule has 1 aromatic carbocycles. The monoisotopic (exact) mass is 267 g/mol. The van der Waals surface area contributed by atoms with Gasteiger partial charge in [0.25, 0.3) is 0 Å². The minimum atomic E-state index is -1.17. The van der Waals surface area contributed by atoms with Gasteiger partial charge in [-0.3, -0.25) is 10.1 Å². The number of hydrogen-bond acceptors (Lipinski definition) is 6. The fourth-order valence-corrected chi connectivity index (χ4v) is 1.34. The summed E-state index contributed by atoms with van der Waals surface area (Å²) in [5.41, 5.74) is 4.50. The van der Waals surface area contributed by atoms with Crippen molar-refractivity contribution >= 4 is 23.1 Å². The van der Waals surface area contributed by atoms with Gasteiger partial charge in [-0.05, 0) is 12.1 Å². The van der Waals surface area contributed by atoms with Gasteiger partial charge in [0.2, 0.25) is 11.8 Å². The number of aromatic nitrogens is 2. The van der Waals surface area contributed by atoms with Gasteiger partial charge in [-0.15, -0.1) is 0 Å². The van der Waals surface area contributed by atoms with E-state index in [1.165, 1.54) is 12.1 Å². The van der Waals surface area contributed by atoms with E-state index in [0.29, 0.717) is 0 Å². The molecule has 1 aromatic heterocycles. The summed E-state index contributed by atoms with van der Waals surface area (Å²) < 4.78 is 26.5. The Morgan fingerprint density at radius 1 is 1.37 bits per heavy atom. The van der Waals surface area contributed by atoms with E-state index in [0.717, 1.165) is 12.3 Å². The van der Waals surface area contributed by atoms with Crippen molar-refractivity contribution < 1.29 is 13.7 Å². The third-order valence-electron chi connectivity index (χ3n) is 2.19. The number of benzene rings is 1. The summed E-state index contributed by atoms with van der Waals surface area (Å²) in [4.78, 5) is 17.0. The van der Waals surface area contributed by atoms with E-state index >= 15 is 0 Å². The lowest BCUT2D eigenvalue weighted by atomic mass is 10.3. The van der Waals surface area contributed by atoms with Crippen LogP contribution in [0, 0.1) is 21.7 Å². The number of nitro groups is 1. The molecule has 7 nitrogen and oxygen atoms in total. The zero-order chi connectivity index (χ0) is 14.0. The molecular formula is C10H7F2N5O2. The maximum absolute atomic E-state index is 13.4. The number of nitrogen functional groups attached to an aromatic ring is 1. The summed E-state index contributed by atoms with van der Waals surface area (Å²) in [7, 11) is 0.